The van der Waals surface area contributed by atoms with Gasteiger partial charge in [-0.25, -0.2) is 0 Å². The number of fused-ring (bicyclic) bond motifs is 2. The number of esters is 3. The molecule has 0 amide bonds. The van der Waals surface area contributed by atoms with Crippen LogP contribution in [-0.2, 0) is 61.8 Å². The zero-order valence-electron chi connectivity index (χ0n) is 41.5. The average Bonchev–Trinajstić information content (AvgIpc) is 3.34. The molecule has 4 rings (SSSR count). The topological polar surface area (TPSA) is 170 Å². The van der Waals surface area contributed by atoms with Crippen LogP contribution in [0.25, 0.3) is 0 Å². The molecule has 4 fully saturated rings. The maximum absolute atomic E-state index is 15.0. The highest BCUT2D eigenvalue weighted by Crippen LogP contribution is 2.42. The Morgan fingerprint density at radius 3 is 2.20 bits per heavy atom. The molecule has 16 nitrogen and oxygen atoms in total. The molecule has 2 bridgehead atoms. The van der Waals surface area contributed by atoms with Gasteiger partial charge in [0.05, 0.1) is 55.2 Å². The molecular formula is C48H82N2O14. The number of cyclic esters (lactones) is 1. The number of carbonyl (C=O) groups excluding carboxylic acids is 3. The van der Waals surface area contributed by atoms with Crippen LogP contribution in [0.2, 0.25) is 0 Å². The van der Waals surface area contributed by atoms with Crippen molar-refractivity contribution in [1.82, 2.24) is 9.80 Å². The summed E-state index contributed by atoms with van der Waals surface area (Å²) in [5, 5.41) is 13.0. The van der Waals surface area contributed by atoms with Crippen molar-refractivity contribution in [1.29, 1.82) is 0 Å². The summed E-state index contributed by atoms with van der Waals surface area (Å²) in [6.07, 6.45) is -5.13. The highest BCUT2D eigenvalue weighted by Gasteiger charge is 2.55. The fraction of sp³-hybridized carbons (Fsp3) is 0.854. The molecule has 0 aliphatic carbocycles. The summed E-state index contributed by atoms with van der Waals surface area (Å²) in [5.41, 5.74) is -2.89. The second kappa shape index (κ2) is 22.5. The van der Waals surface area contributed by atoms with Crippen LogP contribution in [0.1, 0.15) is 109 Å². The van der Waals surface area contributed by atoms with Crippen LogP contribution in [0.15, 0.2) is 24.8 Å². The number of ether oxygens (including phenoxy) is 10. The van der Waals surface area contributed by atoms with E-state index in [0.29, 0.717) is 25.9 Å². The van der Waals surface area contributed by atoms with Crippen molar-refractivity contribution in [2.75, 3.05) is 47.5 Å². The van der Waals surface area contributed by atoms with E-state index in [1.807, 2.05) is 53.6 Å². The molecule has 0 aromatic heterocycles. The van der Waals surface area contributed by atoms with Gasteiger partial charge in [-0.05, 0) is 93.3 Å². The fourth-order valence-corrected chi connectivity index (χ4v) is 10.7. The third-order valence-electron chi connectivity index (χ3n) is 13.9. The molecule has 4 aliphatic rings. The van der Waals surface area contributed by atoms with E-state index in [9.17, 15) is 19.5 Å². The van der Waals surface area contributed by atoms with E-state index in [2.05, 4.69) is 31.9 Å². The zero-order valence-corrected chi connectivity index (χ0v) is 41.5. The number of carbonyl (C=O) groups is 3. The molecule has 368 valence electrons. The summed E-state index contributed by atoms with van der Waals surface area (Å²) >= 11 is 0. The molecule has 4 saturated heterocycles. The van der Waals surface area contributed by atoms with Crippen molar-refractivity contribution in [2.24, 2.45) is 17.8 Å². The molecule has 19 atom stereocenters. The standard InChI is InChI=1S/C48H82N2O14/c1-18-20-57-48(14)37(19-2)62-44(53)31(7)39(63-38-23-47(13,55-17)43(33(9)59-38)61-35(11)52)30(6)41(64-45-40(60-34(10)51)36(49(15)16)21-29(5)58-45)46(12,54)22-27(3)24-50-25-28(4)26-56-42(48)32(50)8/h18,27,29-33,36-43,45,54H,1,4,19-26H2,2-3,5-17H3/t27-,29-,30+,31-,32-,33+,36+,37-,38+,39+,40-,41-,42+,43+,45+,46-,47-,48-/m1/s1. The molecule has 0 saturated carbocycles. The van der Waals surface area contributed by atoms with Crippen molar-refractivity contribution in [2.45, 2.75) is 199 Å². The van der Waals surface area contributed by atoms with Crippen LogP contribution >= 0.6 is 0 Å². The Labute approximate surface area is 382 Å². The smallest absolute Gasteiger partial charge is 0.311 e. The summed E-state index contributed by atoms with van der Waals surface area (Å²) in [6, 6.07) is -0.509. The molecule has 0 spiro atoms. The number of nitrogens with zero attached hydrogens (tertiary/aromatic N) is 2. The van der Waals surface area contributed by atoms with Gasteiger partial charge < -0.3 is 57.4 Å². The fourth-order valence-electron chi connectivity index (χ4n) is 10.7. The lowest BCUT2D eigenvalue weighted by atomic mass is 9.77. The summed E-state index contributed by atoms with van der Waals surface area (Å²) in [5.74, 6) is -3.46. The maximum atomic E-state index is 15.0. The largest absolute Gasteiger partial charge is 0.459 e. The van der Waals surface area contributed by atoms with Crippen LogP contribution in [0.5, 0.6) is 0 Å². The first-order valence-electron chi connectivity index (χ1n) is 23.2. The first kappa shape index (κ1) is 54.1. The van der Waals surface area contributed by atoms with E-state index < -0.39 is 102 Å². The summed E-state index contributed by atoms with van der Waals surface area (Å²) < 4.78 is 64.5. The number of rotatable bonds is 12. The van der Waals surface area contributed by atoms with Crippen molar-refractivity contribution in [3.63, 3.8) is 0 Å². The van der Waals surface area contributed by atoms with Crippen molar-refractivity contribution >= 4 is 17.9 Å². The van der Waals surface area contributed by atoms with Gasteiger partial charge in [-0.1, -0.05) is 33.4 Å². The van der Waals surface area contributed by atoms with Gasteiger partial charge in [0.25, 0.3) is 0 Å². The van der Waals surface area contributed by atoms with Gasteiger partial charge >= 0.3 is 17.9 Å². The van der Waals surface area contributed by atoms with Crippen LogP contribution in [0.4, 0.5) is 0 Å². The van der Waals surface area contributed by atoms with Gasteiger partial charge in [-0.2, -0.15) is 0 Å². The molecule has 1 unspecified atom stereocenters. The van der Waals surface area contributed by atoms with E-state index in [0.717, 1.165) is 5.57 Å². The number of hydrogen-bond donors (Lipinski definition) is 1. The molecule has 0 aromatic carbocycles. The molecule has 4 aliphatic heterocycles. The average molecular weight is 911 g/mol. The Bertz CT molecular complexity index is 1590. The summed E-state index contributed by atoms with van der Waals surface area (Å²) in [7, 11) is 5.36. The first-order chi connectivity index (χ1) is 29.8. The maximum Gasteiger partial charge on any atom is 0.311 e. The van der Waals surface area contributed by atoms with Crippen LogP contribution < -0.4 is 0 Å². The Morgan fingerprint density at radius 1 is 0.969 bits per heavy atom. The predicted octanol–water partition coefficient (Wildman–Crippen LogP) is 5.22. The van der Waals surface area contributed by atoms with Crippen LogP contribution in [0, 0.1) is 17.8 Å². The monoisotopic (exact) mass is 911 g/mol. The van der Waals surface area contributed by atoms with Crippen LogP contribution in [-0.4, -0.2) is 171 Å². The molecule has 0 aromatic rings. The lowest BCUT2D eigenvalue weighted by Crippen LogP contribution is -2.61. The molecule has 64 heavy (non-hydrogen) atoms. The lowest BCUT2D eigenvalue weighted by molar-refractivity contribution is -0.319. The Balaban J connectivity index is 1.92. The van der Waals surface area contributed by atoms with Gasteiger partial charge in [-0.15, -0.1) is 6.58 Å². The molecule has 4 heterocycles. The minimum Gasteiger partial charge on any atom is -0.459 e. The Hall–Kier alpha value is -2.51. The number of likely N-dealkylation sites (N-methyl/N-ethyl adjacent to an activating group) is 1. The van der Waals surface area contributed by atoms with E-state index in [-0.39, 0.29) is 50.2 Å². The number of methoxy groups -OCH3 is 1. The van der Waals surface area contributed by atoms with E-state index >= 15 is 0 Å². The third-order valence-corrected chi connectivity index (χ3v) is 13.9. The quantitative estimate of drug-likeness (QED) is 0.154. The Morgan fingerprint density at radius 2 is 1.62 bits per heavy atom. The Kier molecular flexibility index (Phi) is 19.0. The van der Waals surface area contributed by atoms with Gasteiger partial charge in [0, 0.05) is 52.4 Å². The normalized spacial score (nSPS) is 44.1. The predicted molar refractivity (Wildman–Crippen MR) is 239 cm³/mol. The minimum absolute atomic E-state index is 0.126. The molecular weight excluding hydrogens is 829 g/mol. The van der Waals surface area contributed by atoms with E-state index in [4.69, 9.17) is 47.4 Å². The van der Waals surface area contributed by atoms with Crippen molar-refractivity contribution in [3.05, 3.63) is 24.8 Å². The highest BCUT2D eigenvalue weighted by molar-refractivity contribution is 5.73. The second-order valence-corrected chi connectivity index (χ2v) is 19.9. The highest BCUT2D eigenvalue weighted by atomic mass is 16.7. The SMILES string of the molecule is C=CCO[C@]1(C)[C@@H](CC)OC(=O)[C@H](C)[C@@H](O[C@H]2C[C@@](C)(OC)[C@@H](OC(C)=O)[C@H](C)O2)[C@H](C)[C@@H](O[C@@H]2O[C@H](C)C[C@H](N(C)C)[C@H]2OC(C)=O)[C@](C)(O)C[C@@H](C)CN2CC(=C)CO[C@H]1[C@H]2C. The van der Waals surface area contributed by atoms with Crippen molar-refractivity contribution in [3.8, 4) is 0 Å². The number of aliphatic hydroxyl groups is 1. The lowest BCUT2D eigenvalue weighted by Gasteiger charge is -2.49. The third kappa shape index (κ3) is 12.7. The van der Waals surface area contributed by atoms with E-state index in [1.54, 1.807) is 26.8 Å². The molecule has 1 N–H and O–H groups in total. The molecule has 16 heteroatoms. The van der Waals surface area contributed by atoms with Crippen molar-refractivity contribution < 1.29 is 66.9 Å². The summed E-state index contributed by atoms with van der Waals surface area (Å²) in [6.45, 7) is 31.4. The van der Waals surface area contributed by atoms with Gasteiger partial charge in [-0.3, -0.25) is 19.3 Å². The van der Waals surface area contributed by atoms with Crippen LogP contribution in [0.3, 0.4) is 0 Å². The van der Waals surface area contributed by atoms with Gasteiger partial charge in [0.15, 0.2) is 24.8 Å². The van der Waals surface area contributed by atoms with E-state index in [1.165, 1.54) is 21.0 Å². The zero-order chi connectivity index (χ0) is 48.1. The van der Waals surface area contributed by atoms with Gasteiger partial charge in [0.2, 0.25) is 0 Å². The minimum atomic E-state index is -1.60. The first-order valence-corrected chi connectivity index (χ1v) is 23.2. The number of hydrogen-bond acceptors (Lipinski definition) is 16. The second-order valence-electron chi connectivity index (χ2n) is 19.9. The summed E-state index contributed by atoms with van der Waals surface area (Å²) in [4.78, 5) is 44.1. The molecule has 0 radical (unpaired) electrons. The van der Waals surface area contributed by atoms with Gasteiger partial charge in [0.1, 0.15) is 23.4 Å².